The fourth-order valence-corrected chi connectivity index (χ4v) is 1.16. The van der Waals surface area contributed by atoms with E-state index in [4.69, 9.17) is 9.15 Å². The lowest BCUT2D eigenvalue weighted by atomic mass is 10.3. The summed E-state index contributed by atoms with van der Waals surface area (Å²) in [7, 11) is 1.31. The first-order valence-electron chi connectivity index (χ1n) is 5.28. The number of aliphatic hydroxyl groups is 1. The normalized spacial score (nSPS) is 12.4. The molecule has 6 heteroatoms. The molecule has 0 radical (unpaired) electrons. The molecule has 0 spiro atoms. The molecule has 0 saturated heterocycles. The van der Waals surface area contributed by atoms with Gasteiger partial charge in [0.05, 0.1) is 32.6 Å². The van der Waals surface area contributed by atoms with Gasteiger partial charge in [0.2, 0.25) is 0 Å². The van der Waals surface area contributed by atoms with E-state index in [0.29, 0.717) is 12.4 Å². The maximum absolute atomic E-state index is 10.8. The van der Waals surface area contributed by atoms with Crippen molar-refractivity contribution in [2.75, 3.05) is 26.8 Å². The molecule has 17 heavy (non-hydrogen) atoms. The Labute approximate surface area is 99.5 Å². The van der Waals surface area contributed by atoms with Crippen molar-refractivity contribution in [3.63, 3.8) is 0 Å². The quantitative estimate of drug-likeness (QED) is 0.622. The van der Waals surface area contributed by atoms with Crippen molar-refractivity contribution in [1.29, 1.82) is 0 Å². The summed E-state index contributed by atoms with van der Waals surface area (Å²) in [4.78, 5) is 10.8. The topological polar surface area (TPSA) is 80.9 Å². The molecule has 2 N–H and O–H groups in total. The van der Waals surface area contributed by atoms with Gasteiger partial charge in [0.15, 0.2) is 0 Å². The Hall–Kier alpha value is -1.37. The molecular formula is C11H17NO5. The largest absolute Gasteiger partial charge is 0.468 e. The van der Waals surface area contributed by atoms with Gasteiger partial charge in [-0.25, -0.2) is 0 Å². The van der Waals surface area contributed by atoms with Crippen LogP contribution in [0.25, 0.3) is 0 Å². The molecule has 1 aromatic rings. The number of carbonyl (C=O) groups is 1. The third-order valence-electron chi connectivity index (χ3n) is 2.01. The standard InChI is InChI=1S/C11H17NO5/c1-15-11(14)6-12-5-9(13)7-16-8-10-3-2-4-17-10/h2-4,9,12-13H,5-8H2,1H3. The first kappa shape index (κ1) is 13.7. The Morgan fingerprint density at radius 3 is 3.12 bits per heavy atom. The molecule has 0 aliphatic carbocycles. The van der Waals surface area contributed by atoms with E-state index in [1.54, 1.807) is 18.4 Å². The van der Waals surface area contributed by atoms with Gasteiger partial charge in [-0.2, -0.15) is 0 Å². The van der Waals surface area contributed by atoms with E-state index in [9.17, 15) is 9.90 Å². The van der Waals surface area contributed by atoms with Crippen LogP contribution < -0.4 is 5.32 Å². The van der Waals surface area contributed by atoms with Gasteiger partial charge < -0.3 is 24.3 Å². The van der Waals surface area contributed by atoms with Crippen LogP contribution in [0.4, 0.5) is 0 Å². The highest BCUT2D eigenvalue weighted by molar-refractivity contribution is 5.71. The van der Waals surface area contributed by atoms with E-state index < -0.39 is 6.10 Å². The fourth-order valence-electron chi connectivity index (χ4n) is 1.16. The maximum Gasteiger partial charge on any atom is 0.319 e. The number of hydrogen-bond donors (Lipinski definition) is 2. The fraction of sp³-hybridized carbons (Fsp3) is 0.545. The summed E-state index contributed by atoms with van der Waals surface area (Å²) >= 11 is 0. The molecule has 1 heterocycles. The molecule has 1 atom stereocenters. The van der Waals surface area contributed by atoms with Crippen LogP contribution in [-0.4, -0.2) is 44.0 Å². The number of furan rings is 1. The molecule has 96 valence electrons. The van der Waals surface area contributed by atoms with Crippen LogP contribution in [0.2, 0.25) is 0 Å². The zero-order chi connectivity index (χ0) is 12.5. The Morgan fingerprint density at radius 1 is 1.65 bits per heavy atom. The van der Waals surface area contributed by atoms with E-state index in [1.807, 2.05) is 0 Å². The van der Waals surface area contributed by atoms with Crippen LogP contribution in [0.1, 0.15) is 5.76 Å². The molecule has 1 unspecified atom stereocenters. The van der Waals surface area contributed by atoms with Crippen molar-refractivity contribution < 1.29 is 23.8 Å². The third-order valence-corrected chi connectivity index (χ3v) is 2.01. The summed E-state index contributed by atoms with van der Waals surface area (Å²) < 4.78 is 14.7. The zero-order valence-corrected chi connectivity index (χ0v) is 9.72. The van der Waals surface area contributed by atoms with E-state index >= 15 is 0 Å². The van der Waals surface area contributed by atoms with E-state index in [0.717, 1.165) is 0 Å². The summed E-state index contributed by atoms with van der Waals surface area (Å²) in [5.41, 5.74) is 0. The SMILES string of the molecule is COC(=O)CNCC(O)COCc1ccco1. The molecular weight excluding hydrogens is 226 g/mol. The average molecular weight is 243 g/mol. The molecule has 0 amide bonds. The molecule has 6 nitrogen and oxygen atoms in total. The highest BCUT2D eigenvalue weighted by Crippen LogP contribution is 2.01. The van der Waals surface area contributed by atoms with Crippen molar-refractivity contribution >= 4 is 5.97 Å². The number of rotatable bonds is 8. The smallest absolute Gasteiger partial charge is 0.319 e. The summed E-state index contributed by atoms with van der Waals surface area (Å²) in [6.45, 7) is 0.842. The lowest BCUT2D eigenvalue weighted by molar-refractivity contribution is -0.139. The Bertz CT molecular complexity index is 312. The predicted molar refractivity (Wildman–Crippen MR) is 59.3 cm³/mol. The predicted octanol–water partition coefficient (Wildman–Crippen LogP) is -0.0803. The van der Waals surface area contributed by atoms with Gasteiger partial charge in [0, 0.05) is 6.54 Å². The Balaban J connectivity index is 2.01. The molecule has 0 aliphatic heterocycles. The monoisotopic (exact) mass is 243 g/mol. The van der Waals surface area contributed by atoms with Gasteiger partial charge in [0.1, 0.15) is 12.4 Å². The van der Waals surface area contributed by atoms with Gasteiger partial charge in [-0.05, 0) is 12.1 Å². The summed E-state index contributed by atoms with van der Waals surface area (Å²) in [6.07, 6.45) is 0.891. The van der Waals surface area contributed by atoms with Crippen molar-refractivity contribution in [1.82, 2.24) is 5.32 Å². The van der Waals surface area contributed by atoms with Crippen LogP contribution in [0, 0.1) is 0 Å². The van der Waals surface area contributed by atoms with Gasteiger partial charge in [-0.3, -0.25) is 4.79 Å². The summed E-state index contributed by atoms with van der Waals surface area (Å²) in [5.74, 6) is 0.341. The lowest BCUT2D eigenvalue weighted by Crippen LogP contribution is -2.34. The first-order valence-corrected chi connectivity index (χ1v) is 5.28. The minimum absolute atomic E-state index is 0.0751. The van der Waals surface area contributed by atoms with E-state index in [-0.39, 0.29) is 25.7 Å². The van der Waals surface area contributed by atoms with Gasteiger partial charge >= 0.3 is 5.97 Å². The summed E-state index contributed by atoms with van der Waals surface area (Å²) in [6, 6.07) is 3.56. The first-order chi connectivity index (χ1) is 8.22. The van der Waals surface area contributed by atoms with Gasteiger partial charge in [-0.1, -0.05) is 0 Å². The highest BCUT2D eigenvalue weighted by Gasteiger charge is 2.06. The molecule has 0 saturated carbocycles. The van der Waals surface area contributed by atoms with Crippen LogP contribution >= 0.6 is 0 Å². The molecule has 1 aromatic heterocycles. The number of aliphatic hydroxyl groups excluding tert-OH is 1. The number of methoxy groups -OCH3 is 1. The van der Waals surface area contributed by atoms with Gasteiger partial charge in [-0.15, -0.1) is 0 Å². The average Bonchev–Trinajstić information content (AvgIpc) is 2.82. The highest BCUT2D eigenvalue weighted by atomic mass is 16.5. The number of ether oxygens (including phenoxy) is 2. The second-order valence-electron chi connectivity index (χ2n) is 3.46. The zero-order valence-electron chi connectivity index (χ0n) is 9.72. The maximum atomic E-state index is 10.8. The van der Waals surface area contributed by atoms with Crippen LogP contribution in [0.15, 0.2) is 22.8 Å². The number of hydrogen-bond acceptors (Lipinski definition) is 6. The van der Waals surface area contributed by atoms with Gasteiger partial charge in [0.25, 0.3) is 0 Å². The minimum Gasteiger partial charge on any atom is -0.468 e. The van der Waals surface area contributed by atoms with Crippen LogP contribution in [-0.2, 0) is 20.9 Å². The van der Waals surface area contributed by atoms with Crippen molar-refractivity contribution in [2.45, 2.75) is 12.7 Å². The van der Waals surface area contributed by atoms with Crippen LogP contribution in [0.3, 0.4) is 0 Å². The van der Waals surface area contributed by atoms with E-state index in [2.05, 4.69) is 10.1 Å². The van der Waals surface area contributed by atoms with Crippen molar-refractivity contribution in [3.8, 4) is 0 Å². The van der Waals surface area contributed by atoms with Crippen molar-refractivity contribution in [3.05, 3.63) is 24.2 Å². The van der Waals surface area contributed by atoms with E-state index in [1.165, 1.54) is 7.11 Å². The minimum atomic E-state index is -0.672. The van der Waals surface area contributed by atoms with Crippen molar-refractivity contribution in [2.24, 2.45) is 0 Å². The molecule has 0 aliphatic rings. The molecule has 0 bridgehead atoms. The number of carbonyl (C=O) groups excluding carboxylic acids is 1. The lowest BCUT2D eigenvalue weighted by Gasteiger charge is -2.11. The molecule has 0 fully saturated rings. The van der Waals surface area contributed by atoms with Crippen LogP contribution in [0.5, 0.6) is 0 Å². The Morgan fingerprint density at radius 2 is 2.47 bits per heavy atom. The molecule has 1 rings (SSSR count). The Kier molecular flexibility index (Phi) is 6.31. The number of esters is 1. The molecule has 0 aromatic carbocycles. The second kappa shape index (κ2) is 7.83. The third kappa shape index (κ3) is 6.06. The second-order valence-corrected chi connectivity index (χ2v) is 3.46. The number of nitrogens with one attached hydrogen (secondary N) is 1. The summed E-state index contributed by atoms with van der Waals surface area (Å²) in [5, 5.41) is 12.2.